The number of nitrogens with two attached hydrogens (primary N) is 1. The van der Waals surface area contributed by atoms with E-state index in [1.54, 1.807) is 25.3 Å². The summed E-state index contributed by atoms with van der Waals surface area (Å²) in [6.45, 7) is 3.65. The second-order valence-electron chi connectivity index (χ2n) is 6.68. The fourth-order valence-electron chi connectivity index (χ4n) is 2.72. The Kier molecular flexibility index (Phi) is 9.64. The Morgan fingerprint density at radius 2 is 1.84 bits per heavy atom. The van der Waals surface area contributed by atoms with Crippen molar-refractivity contribution >= 4 is 29.4 Å². The number of methoxy groups -OCH3 is 1. The van der Waals surface area contributed by atoms with Crippen LogP contribution >= 0.6 is 11.6 Å². The van der Waals surface area contributed by atoms with E-state index in [0.717, 1.165) is 29.8 Å². The molecule has 8 nitrogen and oxygen atoms in total. The molecule has 0 bridgehead atoms. The molecule has 0 saturated carbocycles. The fourth-order valence-corrected chi connectivity index (χ4v) is 2.98. The van der Waals surface area contributed by atoms with Crippen LogP contribution in [0.3, 0.4) is 0 Å². The predicted molar refractivity (Wildman–Crippen MR) is 122 cm³/mol. The molecule has 0 aliphatic carbocycles. The standard InChI is InChI=1S/C22H28ClN5O3/c1-3-25-22(26-11-10-16-8-9-18(31-2)12-19(16)23)28-13-15-4-6-17(7-5-15)21(30)27-14-20(24)29/h4-9,12H,3,10-11,13-14H2,1-2H3,(H2,24,29)(H,27,30)(H2,25,26,28). The van der Waals surface area contributed by atoms with Crippen LogP contribution in [0.4, 0.5) is 0 Å². The summed E-state index contributed by atoms with van der Waals surface area (Å²) >= 11 is 6.29. The van der Waals surface area contributed by atoms with E-state index in [9.17, 15) is 9.59 Å². The molecule has 0 atom stereocenters. The van der Waals surface area contributed by atoms with Gasteiger partial charge in [-0.3, -0.25) is 9.59 Å². The van der Waals surface area contributed by atoms with E-state index >= 15 is 0 Å². The van der Waals surface area contributed by atoms with E-state index in [2.05, 4.69) is 20.9 Å². The van der Waals surface area contributed by atoms with Gasteiger partial charge in [-0.2, -0.15) is 0 Å². The third kappa shape index (κ3) is 8.18. The number of carbonyl (C=O) groups excluding carboxylic acids is 2. The Balaban J connectivity index is 1.90. The molecule has 31 heavy (non-hydrogen) atoms. The molecule has 0 aliphatic heterocycles. The van der Waals surface area contributed by atoms with Crippen molar-refractivity contribution in [2.24, 2.45) is 10.7 Å². The Bertz CT molecular complexity index is 916. The number of hydrogen-bond donors (Lipinski definition) is 4. The molecule has 5 N–H and O–H groups in total. The maximum Gasteiger partial charge on any atom is 0.251 e. The number of benzene rings is 2. The number of carbonyl (C=O) groups is 2. The molecule has 0 heterocycles. The smallest absolute Gasteiger partial charge is 0.251 e. The van der Waals surface area contributed by atoms with Crippen LogP contribution in [0.15, 0.2) is 47.5 Å². The maximum absolute atomic E-state index is 11.9. The molecular weight excluding hydrogens is 418 g/mol. The minimum atomic E-state index is -0.586. The molecule has 2 amide bonds. The molecule has 0 spiro atoms. The lowest BCUT2D eigenvalue weighted by Crippen LogP contribution is -2.38. The van der Waals surface area contributed by atoms with Gasteiger partial charge in [0.25, 0.3) is 5.91 Å². The highest BCUT2D eigenvalue weighted by atomic mass is 35.5. The molecule has 2 aromatic rings. The average Bonchev–Trinajstić information content (AvgIpc) is 2.77. The Morgan fingerprint density at radius 3 is 2.45 bits per heavy atom. The van der Waals surface area contributed by atoms with Gasteiger partial charge in [-0.25, -0.2) is 4.99 Å². The van der Waals surface area contributed by atoms with Gasteiger partial charge in [0, 0.05) is 23.7 Å². The topological polar surface area (TPSA) is 118 Å². The van der Waals surface area contributed by atoms with Crippen LogP contribution in [-0.4, -0.2) is 44.5 Å². The zero-order valence-corrected chi connectivity index (χ0v) is 18.5. The first-order valence-corrected chi connectivity index (χ1v) is 10.3. The SMILES string of the molecule is CCNC(=NCc1ccc(C(=O)NCC(N)=O)cc1)NCCc1ccc(OC)cc1Cl. The molecule has 0 aliphatic rings. The number of ether oxygens (including phenoxy) is 1. The fraction of sp³-hybridized carbons (Fsp3) is 0.318. The van der Waals surface area contributed by atoms with E-state index in [0.29, 0.717) is 29.6 Å². The molecule has 2 rings (SSSR count). The van der Waals surface area contributed by atoms with Crippen molar-refractivity contribution in [2.45, 2.75) is 19.9 Å². The van der Waals surface area contributed by atoms with Gasteiger partial charge in [0.2, 0.25) is 5.91 Å². The van der Waals surface area contributed by atoms with Crippen LogP contribution in [0.1, 0.15) is 28.4 Å². The predicted octanol–water partition coefficient (Wildman–Crippen LogP) is 1.86. The highest BCUT2D eigenvalue weighted by Gasteiger charge is 2.07. The Labute approximate surface area is 187 Å². The second-order valence-corrected chi connectivity index (χ2v) is 7.08. The van der Waals surface area contributed by atoms with Crippen LogP contribution in [-0.2, 0) is 17.8 Å². The maximum atomic E-state index is 11.9. The number of primary amides is 1. The number of rotatable bonds is 10. The van der Waals surface area contributed by atoms with Gasteiger partial charge in [0.15, 0.2) is 5.96 Å². The first kappa shape index (κ1) is 24.0. The molecule has 0 unspecified atom stereocenters. The lowest BCUT2D eigenvalue weighted by Gasteiger charge is -2.12. The van der Waals surface area contributed by atoms with Crippen molar-refractivity contribution in [3.8, 4) is 5.75 Å². The van der Waals surface area contributed by atoms with Gasteiger partial charge in [0.1, 0.15) is 5.75 Å². The third-order valence-corrected chi connectivity index (χ3v) is 4.70. The molecule has 9 heteroatoms. The summed E-state index contributed by atoms with van der Waals surface area (Å²) in [4.78, 5) is 27.3. The van der Waals surface area contributed by atoms with Crippen molar-refractivity contribution < 1.29 is 14.3 Å². The molecule has 0 fully saturated rings. The van der Waals surface area contributed by atoms with E-state index in [1.165, 1.54) is 0 Å². The van der Waals surface area contributed by atoms with Crippen molar-refractivity contribution in [2.75, 3.05) is 26.7 Å². The van der Waals surface area contributed by atoms with Crippen LogP contribution in [0, 0.1) is 0 Å². The van der Waals surface area contributed by atoms with Crippen LogP contribution in [0.2, 0.25) is 5.02 Å². The summed E-state index contributed by atoms with van der Waals surface area (Å²) in [5.41, 5.74) is 7.45. The van der Waals surface area contributed by atoms with Crippen molar-refractivity contribution in [1.29, 1.82) is 0 Å². The minimum absolute atomic E-state index is 0.190. The van der Waals surface area contributed by atoms with Crippen molar-refractivity contribution in [1.82, 2.24) is 16.0 Å². The zero-order chi connectivity index (χ0) is 22.6. The summed E-state index contributed by atoms with van der Waals surface area (Å²) in [7, 11) is 1.61. The molecule has 166 valence electrons. The van der Waals surface area contributed by atoms with E-state index in [1.807, 2.05) is 31.2 Å². The van der Waals surface area contributed by atoms with Gasteiger partial charge in [-0.15, -0.1) is 0 Å². The van der Waals surface area contributed by atoms with Crippen LogP contribution < -0.4 is 26.4 Å². The van der Waals surface area contributed by atoms with E-state index in [4.69, 9.17) is 22.1 Å². The zero-order valence-electron chi connectivity index (χ0n) is 17.7. The summed E-state index contributed by atoms with van der Waals surface area (Å²) < 4.78 is 5.17. The Morgan fingerprint density at radius 1 is 1.10 bits per heavy atom. The number of amides is 2. The van der Waals surface area contributed by atoms with Gasteiger partial charge in [0.05, 0.1) is 20.2 Å². The number of halogens is 1. The molecule has 0 radical (unpaired) electrons. The second kappa shape index (κ2) is 12.4. The number of nitrogens with zero attached hydrogens (tertiary/aromatic N) is 1. The number of aliphatic imine (C=N–C) groups is 1. The summed E-state index contributed by atoms with van der Waals surface area (Å²) in [6.07, 6.45) is 0.738. The molecule has 2 aromatic carbocycles. The van der Waals surface area contributed by atoms with Crippen LogP contribution in [0.5, 0.6) is 5.75 Å². The largest absolute Gasteiger partial charge is 0.497 e. The summed E-state index contributed by atoms with van der Waals surface area (Å²) in [6, 6.07) is 12.7. The lowest BCUT2D eigenvalue weighted by atomic mass is 10.1. The lowest BCUT2D eigenvalue weighted by molar-refractivity contribution is -0.117. The molecule has 0 aromatic heterocycles. The van der Waals surface area contributed by atoms with Gasteiger partial charge >= 0.3 is 0 Å². The normalized spacial score (nSPS) is 11.0. The van der Waals surface area contributed by atoms with Crippen LogP contribution in [0.25, 0.3) is 0 Å². The molecular formula is C22H28ClN5O3. The Hall–Kier alpha value is -3.26. The third-order valence-electron chi connectivity index (χ3n) is 4.35. The highest BCUT2D eigenvalue weighted by Crippen LogP contribution is 2.22. The monoisotopic (exact) mass is 445 g/mol. The van der Waals surface area contributed by atoms with E-state index in [-0.39, 0.29) is 12.5 Å². The minimum Gasteiger partial charge on any atom is -0.497 e. The summed E-state index contributed by atoms with van der Waals surface area (Å²) in [5.74, 6) is 0.487. The van der Waals surface area contributed by atoms with Crippen molar-refractivity contribution in [3.63, 3.8) is 0 Å². The quantitative estimate of drug-likeness (QED) is 0.329. The van der Waals surface area contributed by atoms with E-state index < -0.39 is 5.91 Å². The van der Waals surface area contributed by atoms with Gasteiger partial charge < -0.3 is 26.4 Å². The number of nitrogens with one attached hydrogen (secondary N) is 3. The molecule has 0 saturated heterocycles. The van der Waals surface area contributed by atoms with Gasteiger partial charge in [-0.05, 0) is 48.7 Å². The number of hydrogen-bond acceptors (Lipinski definition) is 4. The van der Waals surface area contributed by atoms with Gasteiger partial charge in [-0.1, -0.05) is 29.8 Å². The van der Waals surface area contributed by atoms with Crippen molar-refractivity contribution in [3.05, 3.63) is 64.2 Å². The highest BCUT2D eigenvalue weighted by molar-refractivity contribution is 6.31. The first-order valence-electron chi connectivity index (χ1n) is 9.93. The first-order chi connectivity index (χ1) is 14.9. The summed E-state index contributed by atoms with van der Waals surface area (Å²) in [5, 5.41) is 9.62. The number of guanidine groups is 1. The average molecular weight is 446 g/mol.